The highest BCUT2D eigenvalue weighted by Gasteiger charge is 2.58. The third kappa shape index (κ3) is 2.55. The molecule has 3 rings (SSSR count). The predicted molar refractivity (Wildman–Crippen MR) is 91.1 cm³/mol. The Labute approximate surface area is 144 Å². The lowest BCUT2D eigenvalue weighted by atomic mass is 9.46. The molecule has 0 aromatic heterocycles. The standard InChI is InChI=1S/C20H28O4/c1-12-8-17(22)20(4)13(2)7-15(21)10-16(20)19(12,3)6-5-14-9-18(23)24-11-14/h7,9,12,15-16,21H,5-6,8,10-11H2,1-4H3. The van der Waals surface area contributed by atoms with Gasteiger partial charge in [0.2, 0.25) is 0 Å². The molecule has 0 amide bonds. The van der Waals surface area contributed by atoms with Crippen molar-refractivity contribution < 1.29 is 19.4 Å². The highest BCUT2D eigenvalue weighted by Crippen LogP contribution is 2.60. The van der Waals surface area contributed by atoms with Gasteiger partial charge in [-0.2, -0.15) is 0 Å². The molecular formula is C20H28O4. The summed E-state index contributed by atoms with van der Waals surface area (Å²) in [6.07, 6.45) is 5.92. The second-order valence-electron chi connectivity index (χ2n) is 8.35. The zero-order valence-corrected chi connectivity index (χ0v) is 15.1. The first-order chi connectivity index (χ1) is 11.2. The minimum atomic E-state index is -0.476. The van der Waals surface area contributed by atoms with E-state index >= 15 is 0 Å². The highest BCUT2D eigenvalue weighted by molar-refractivity contribution is 5.89. The second-order valence-corrected chi connectivity index (χ2v) is 8.35. The smallest absolute Gasteiger partial charge is 0.331 e. The maximum Gasteiger partial charge on any atom is 0.331 e. The van der Waals surface area contributed by atoms with Crippen LogP contribution in [-0.2, 0) is 14.3 Å². The minimum Gasteiger partial charge on any atom is -0.458 e. The SMILES string of the molecule is CC1=CC(O)CC2C1(C)C(=O)CC(C)C2(C)CCC1=CC(=O)OC1. The number of rotatable bonds is 3. The van der Waals surface area contributed by atoms with E-state index in [4.69, 9.17) is 4.74 Å². The van der Waals surface area contributed by atoms with Crippen molar-refractivity contribution in [2.75, 3.05) is 6.61 Å². The summed E-state index contributed by atoms with van der Waals surface area (Å²) in [6.45, 7) is 8.85. The lowest BCUT2D eigenvalue weighted by Gasteiger charge is -2.57. The van der Waals surface area contributed by atoms with E-state index in [1.807, 2.05) is 13.0 Å². The molecule has 1 saturated carbocycles. The van der Waals surface area contributed by atoms with E-state index in [1.54, 1.807) is 6.08 Å². The predicted octanol–water partition coefficient (Wildman–Crippen LogP) is 3.20. The molecule has 0 radical (unpaired) electrons. The molecule has 1 heterocycles. The van der Waals surface area contributed by atoms with Crippen molar-refractivity contribution in [2.24, 2.45) is 22.7 Å². The fourth-order valence-corrected chi connectivity index (χ4v) is 5.10. The first-order valence-electron chi connectivity index (χ1n) is 8.94. The normalized spacial score (nSPS) is 42.3. The quantitative estimate of drug-likeness (QED) is 0.637. The molecule has 0 aromatic carbocycles. The number of aliphatic hydroxyl groups excluding tert-OH is 1. The van der Waals surface area contributed by atoms with Crippen molar-refractivity contribution in [2.45, 2.75) is 59.5 Å². The Balaban J connectivity index is 1.90. The molecule has 132 valence electrons. The van der Waals surface area contributed by atoms with E-state index in [-0.39, 0.29) is 23.2 Å². The van der Waals surface area contributed by atoms with Crippen LogP contribution in [0.4, 0.5) is 0 Å². The van der Waals surface area contributed by atoms with E-state index in [0.29, 0.717) is 25.2 Å². The summed E-state index contributed by atoms with van der Waals surface area (Å²) >= 11 is 0. The van der Waals surface area contributed by atoms with Crippen LogP contribution in [0.2, 0.25) is 0 Å². The summed E-state index contributed by atoms with van der Waals surface area (Å²) in [5.74, 6) is 0.440. The Morgan fingerprint density at radius 3 is 2.67 bits per heavy atom. The number of ether oxygens (including phenoxy) is 1. The van der Waals surface area contributed by atoms with Crippen LogP contribution in [0.25, 0.3) is 0 Å². The number of aliphatic hydroxyl groups is 1. The molecule has 4 heteroatoms. The Hall–Kier alpha value is -1.42. The van der Waals surface area contributed by atoms with E-state index in [0.717, 1.165) is 24.0 Å². The van der Waals surface area contributed by atoms with Gasteiger partial charge in [-0.05, 0) is 55.9 Å². The van der Waals surface area contributed by atoms with E-state index in [1.165, 1.54) is 0 Å². The van der Waals surface area contributed by atoms with Gasteiger partial charge in [-0.25, -0.2) is 4.79 Å². The lowest BCUT2D eigenvalue weighted by Crippen LogP contribution is -2.56. The van der Waals surface area contributed by atoms with Crippen molar-refractivity contribution in [3.63, 3.8) is 0 Å². The number of allylic oxidation sites excluding steroid dienone is 1. The molecule has 0 spiro atoms. The van der Waals surface area contributed by atoms with Crippen LogP contribution >= 0.6 is 0 Å². The molecule has 5 atom stereocenters. The van der Waals surface area contributed by atoms with Crippen LogP contribution < -0.4 is 0 Å². The van der Waals surface area contributed by atoms with Gasteiger partial charge in [0.05, 0.1) is 11.5 Å². The maximum absolute atomic E-state index is 12.9. The minimum absolute atomic E-state index is 0.0500. The fourth-order valence-electron chi connectivity index (χ4n) is 5.10. The first-order valence-corrected chi connectivity index (χ1v) is 8.94. The first kappa shape index (κ1) is 17.4. The third-order valence-corrected chi connectivity index (χ3v) is 7.13. The molecule has 0 saturated heterocycles. The fraction of sp³-hybridized carbons (Fsp3) is 0.700. The molecule has 4 nitrogen and oxygen atoms in total. The van der Waals surface area contributed by atoms with Gasteiger partial charge < -0.3 is 9.84 Å². The molecule has 0 bridgehead atoms. The molecule has 1 aliphatic heterocycles. The average Bonchev–Trinajstić information content (AvgIpc) is 2.92. The monoisotopic (exact) mass is 332 g/mol. The summed E-state index contributed by atoms with van der Waals surface area (Å²) < 4.78 is 5.01. The van der Waals surface area contributed by atoms with Crippen LogP contribution in [0.5, 0.6) is 0 Å². The number of hydrogen-bond donors (Lipinski definition) is 1. The Bertz CT molecular complexity index is 632. The van der Waals surface area contributed by atoms with Crippen LogP contribution in [0.3, 0.4) is 0 Å². The van der Waals surface area contributed by atoms with Crippen LogP contribution in [-0.4, -0.2) is 29.6 Å². The number of carbonyl (C=O) groups is 2. The summed E-state index contributed by atoms with van der Waals surface area (Å²) in [7, 11) is 0. The zero-order chi connectivity index (χ0) is 17.7. The van der Waals surface area contributed by atoms with E-state index in [9.17, 15) is 14.7 Å². The number of fused-ring (bicyclic) bond motifs is 1. The topological polar surface area (TPSA) is 63.6 Å². The molecule has 24 heavy (non-hydrogen) atoms. The van der Waals surface area contributed by atoms with E-state index < -0.39 is 11.5 Å². The molecule has 5 unspecified atom stereocenters. The zero-order valence-electron chi connectivity index (χ0n) is 15.1. The Kier molecular flexibility index (Phi) is 4.23. The molecule has 0 aromatic rings. The Morgan fingerprint density at radius 2 is 2.04 bits per heavy atom. The molecule has 3 aliphatic rings. The van der Waals surface area contributed by atoms with Crippen molar-refractivity contribution in [3.05, 3.63) is 23.3 Å². The van der Waals surface area contributed by atoms with Gasteiger partial charge in [-0.3, -0.25) is 4.79 Å². The van der Waals surface area contributed by atoms with Crippen LogP contribution in [0, 0.1) is 22.7 Å². The highest BCUT2D eigenvalue weighted by atomic mass is 16.5. The van der Waals surface area contributed by atoms with Gasteiger partial charge in [0, 0.05) is 12.5 Å². The van der Waals surface area contributed by atoms with Gasteiger partial charge in [0.25, 0.3) is 0 Å². The summed E-state index contributed by atoms with van der Waals surface area (Å²) in [6, 6.07) is 0. The number of esters is 1. The largest absolute Gasteiger partial charge is 0.458 e. The lowest BCUT2D eigenvalue weighted by molar-refractivity contribution is -0.146. The second kappa shape index (κ2) is 5.83. The molecule has 1 fully saturated rings. The van der Waals surface area contributed by atoms with Crippen molar-refractivity contribution in [1.82, 2.24) is 0 Å². The van der Waals surface area contributed by atoms with Crippen LogP contribution in [0.1, 0.15) is 53.4 Å². The van der Waals surface area contributed by atoms with Gasteiger partial charge >= 0.3 is 5.97 Å². The van der Waals surface area contributed by atoms with Gasteiger partial charge in [-0.15, -0.1) is 0 Å². The number of Topliss-reactive ketones (excluding diaryl/α,β-unsaturated/α-hetero) is 1. The van der Waals surface area contributed by atoms with Crippen LogP contribution in [0.15, 0.2) is 23.3 Å². The summed E-state index contributed by atoms with van der Waals surface area (Å²) in [4.78, 5) is 24.1. The maximum atomic E-state index is 12.9. The third-order valence-electron chi connectivity index (χ3n) is 7.13. The number of cyclic esters (lactones) is 1. The van der Waals surface area contributed by atoms with Crippen molar-refractivity contribution in [1.29, 1.82) is 0 Å². The average molecular weight is 332 g/mol. The Morgan fingerprint density at radius 1 is 1.33 bits per heavy atom. The molecule has 2 aliphatic carbocycles. The summed E-state index contributed by atoms with van der Waals surface area (Å²) in [5.41, 5.74) is 1.52. The van der Waals surface area contributed by atoms with Crippen molar-refractivity contribution in [3.8, 4) is 0 Å². The molecule has 1 N–H and O–H groups in total. The number of hydrogen-bond acceptors (Lipinski definition) is 4. The molecular weight excluding hydrogens is 304 g/mol. The van der Waals surface area contributed by atoms with Gasteiger partial charge in [0.15, 0.2) is 0 Å². The summed E-state index contributed by atoms with van der Waals surface area (Å²) in [5, 5.41) is 10.3. The van der Waals surface area contributed by atoms with E-state index in [2.05, 4.69) is 20.8 Å². The number of carbonyl (C=O) groups excluding carboxylic acids is 2. The van der Waals surface area contributed by atoms with Crippen molar-refractivity contribution >= 4 is 11.8 Å². The van der Waals surface area contributed by atoms with Gasteiger partial charge in [-0.1, -0.05) is 25.5 Å². The van der Waals surface area contributed by atoms with Gasteiger partial charge in [0.1, 0.15) is 12.4 Å². The number of ketones is 1.